The van der Waals surface area contributed by atoms with Crippen LogP contribution in [0.5, 0.6) is 0 Å². The second kappa shape index (κ2) is 8.77. The van der Waals surface area contributed by atoms with Crippen LogP contribution < -0.4 is 5.32 Å². The summed E-state index contributed by atoms with van der Waals surface area (Å²) in [5.74, 6) is 0.0583. The van der Waals surface area contributed by atoms with Crippen LogP contribution in [-0.2, 0) is 20.8 Å². The Hall–Kier alpha value is -2.26. The van der Waals surface area contributed by atoms with Crippen molar-refractivity contribution >= 4 is 5.97 Å². The van der Waals surface area contributed by atoms with Crippen LogP contribution in [0, 0.1) is 11.3 Å². The van der Waals surface area contributed by atoms with Crippen molar-refractivity contribution in [3.05, 3.63) is 35.4 Å². The Labute approximate surface area is 118 Å². The molecule has 0 radical (unpaired) electrons. The van der Waals surface area contributed by atoms with Gasteiger partial charge in [-0.2, -0.15) is 5.26 Å². The Morgan fingerprint density at radius 3 is 2.90 bits per heavy atom. The Balaban J connectivity index is 2.51. The number of carbonyl (C=O) groups excluding carboxylic acids is 1. The van der Waals surface area contributed by atoms with Crippen LogP contribution >= 0.6 is 0 Å². The summed E-state index contributed by atoms with van der Waals surface area (Å²) < 4.78 is 15.1. The van der Waals surface area contributed by atoms with Gasteiger partial charge in [-0.15, -0.1) is 0 Å². The minimum atomic E-state index is -0.656. The highest BCUT2D eigenvalue weighted by Gasteiger charge is 2.14. The SMILES string of the molecule is CCOCCOC(=O)/C(C#N)=C(\C)NCc1ccco1. The molecular formula is C14H18N2O4. The normalized spacial score (nSPS) is 11.4. The summed E-state index contributed by atoms with van der Waals surface area (Å²) >= 11 is 0. The molecule has 0 unspecified atom stereocenters. The molecule has 1 heterocycles. The van der Waals surface area contributed by atoms with E-state index in [0.29, 0.717) is 31.2 Å². The molecule has 0 saturated heterocycles. The molecule has 1 rings (SSSR count). The maximum absolute atomic E-state index is 11.7. The first kappa shape index (κ1) is 15.8. The quantitative estimate of drug-likeness (QED) is 0.337. The van der Waals surface area contributed by atoms with Gasteiger partial charge in [-0.05, 0) is 26.0 Å². The summed E-state index contributed by atoms with van der Waals surface area (Å²) in [5.41, 5.74) is 0.401. The molecule has 108 valence electrons. The van der Waals surface area contributed by atoms with Gasteiger partial charge in [0.1, 0.15) is 18.4 Å². The van der Waals surface area contributed by atoms with Crippen molar-refractivity contribution in [2.24, 2.45) is 0 Å². The van der Waals surface area contributed by atoms with Crippen LogP contribution in [-0.4, -0.2) is 25.8 Å². The molecule has 0 fully saturated rings. The fraction of sp³-hybridized carbons (Fsp3) is 0.429. The summed E-state index contributed by atoms with van der Waals surface area (Å²) in [6.07, 6.45) is 1.56. The second-order valence-corrected chi connectivity index (χ2v) is 3.88. The maximum Gasteiger partial charge on any atom is 0.350 e. The van der Waals surface area contributed by atoms with E-state index in [0.717, 1.165) is 0 Å². The zero-order valence-corrected chi connectivity index (χ0v) is 11.6. The third kappa shape index (κ3) is 5.16. The molecular weight excluding hydrogens is 260 g/mol. The molecule has 0 spiro atoms. The van der Waals surface area contributed by atoms with Gasteiger partial charge in [-0.25, -0.2) is 4.79 Å². The van der Waals surface area contributed by atoms with Crippen molar-refractivity contribution in [1.29, 1.82) is 5.26 Å². The Morgan fingerprint density at radius 2 is 2.30 bits per heavy atom. The Morgan fingerprint density at radius 1 is 1.50 bits per heavy atom. The van der Waals surface area contributed by atoms with Crippen molar-refractivity contribution in [2.75, 3.05) is 19.8 Å². The number of carbonyl (C=O) groups is 1. The molecule has 0 aromatic carbocycles. The van der Waals surface area contributed by atoms with Gasteiger partial charge in [0, 0.05) is 12.3 Å². The van der Waals surface area contributed by atoms with Gasteiger partial charge in [-0.1, -0.05) is 0 Å². The van der Waals surface area contributed by atoms with Crippen molar-refractivity contribution in [3.8, 4) is 6.07 Å². The average molecular weight is 278 g/mol. The van der Waals surface area contributed by atoms with Crippen LogP contribution in [0.15, 0.2) is 34.1 Å². The van der Waals surface area contributed by atoms with E-state index in [9.17, 15) is 4.79 Å². The van der Waals surface area contributed by atoms with E-state index in [1.807, 2.05) is 13.0 Å². The number of hydrogen-bond donors (Lipinski definition) is 1. The minimum Gasteiger partial charge on any atom is -0.467 e. The molecule has 1 aromatic heterocycles. The van der Waals surface area contributed by atoms with Gasteiger partial charge in [0.25, 0.3) is 0 Å². The Bertz CT molecular complexity index is 486. The van der Waals surface area contributed by atoms with E-state index in [-0.39, 0.29) is 12.2 Å². The second-order valence-electron chi connectivity index (χ2n) is 3.88. The third-order valence-corrected chi connectivity index (χ3v) is 2.46. The first-order valence-corrected chi connectivity index (χ1v) is 6.31. The molecule has 0 amide bonds. The lowest BCUT2D eigenvalue weighted by Gasteiger charge is -2.08. The summed E-state index contributed by atoms with van der Waals surface area (Å²) in [7, 11) is 0. The predicted octanol–water partition coefficient (Wildman–Crippen LogP) is 1.75. The zero-order chi connectivity index (χ0) is 14.8. The number of nitrogens with one attached hydrogen (secondary N) is 1. The van der Waals surface area contributed by atoms with Crippen LogP contribution in [0.1, 0.15) is 19.6 Å². The van der Waals surface area contributed by atoms with Gasteiger partial charge in [0.15, 0.2) is 5.57 Å². The van der Waals surface area contributed by atoms with E-state index in [1.165, 1.54) is 0 Å². The van der Waals surface area contributed by atoms with Crippen LogP contribution in [0.4, 0.5) is 0 Å². The smallest absolute Gasteiger partial charge is 0.350 e. The van der Waals surface area contributed by atoms with Gasteiger partial charge in [0.05, 0.1) is 19.4 Å². The minimum absolute atomic E-state index is 0.0481. The highest BCUT2D eigenvalue weighted by Crippen LogP contribution is 2.06. The molecule has 6 nitrogen and oxygen atoms in total. The van der Waals surface area contributed by atoms with E-state index in [2.05, 4.69) is 5.32 Å². The average Bonchev–Trinajstić information content (AvgIpc) is 2.95. The van der Waals surface area contributed by atoms with Gasteiger partial charge in [0.2, 0.25) is 0 Å². The van der Waals surface area contributed by atoms with Gasteiger partial charge in [-0.3, -0.25) is 0 Å². The van der Waals surface area contributed by atoms with Crippen molar-refractivity contribution in [3.63, 3.8) is 0 Å². The van der Waals surface area contributed by atoms with E-state index in [1.54, 1.807) is 25.3 Å². The molecule has 0 bridgehead atoms. The maximum atomic E-state index is 11.7. The summed E-state index contributed by atoms with van der Waals surface area (Å²) in [6.45, 7) is 4.90. The zero-order valence-electron chi connectivity index (χ0n) is 11.6. The number of esters is 1. The number of nitrogens with zero attached hydrogens (tertiary/aromatic N) is 1. The molecule has 0 aliphatic heterocycles. The van der Waals surface area contributed by atoms with E-state index < -0.39 is 5.97 Å². The van der Waals surface area contributed by atoms with E-state index in [4.69, 9.17) is 19.2 Å². The number of ether oxygens (including phenoxy) is 2. The molecule has 0 atom stereocenters. The third-order valence-electron chi connectivity index (χ3n) is 2.46. The topological polar surface area (TPSA) is 84.5 Å². The number of nitriles is 1. The van der Waals surface area contributed by atoms with Gasteiger partial charge < -0.3 is 19.2 Å². The molecule has 0 aliphatic carbocycles. The predicted molar refractivity (Wildman–Crippen MR) is 71.3 cm³/mol. The summed E-state index contributed by atoms with van der Waals surface area (Å²) in [6, 6.07) is 5.41. The molecule has 0 saturated carbocycles. The molecule has 0 aliphatic rings. The summed E-state index contributed by atoms with van der Waals surface area (Å²) in [4.78, 5) is 11.7. The van der Waals surface area contributed by atoms with Crippen molar-refractivity contribution in [1.82, 2.24) is 5.32 Å². The highest BCUT2D eigenvalue weighted by molar-refractivity contribution is 5.93. The largest absolute Gasteiger partial charge is 0.467 e. The van der Waals surface area contributed by atoms with Crippen LogP contribution in [0.2, 0.25) is 0 Å². The lowest BCUT2D eigenvalue weighted by molar-refractivity contribution is -0.140. The number of hydrogen-bond acceptors (Lipinski definition) is 6. The van der Waals surface area contributed by atoms with Gasteiger partial charge >= 0.3 is 5.97 Å². The van der Waals surface area contributed by atoms with Crippen LogP contribution in [0.25, 0.3) is 0 Å². The first-order chi connectivity index (χ1) is 9.69. The lowest BCUT2D eigenvalue weighted by atomic mass is 10.2. The highest BCUT2D eigenvalue weighted by atomic mass is 16.6. The molecule has 1 N–H and O–H groups in total. The van der Waals surface area contributed by atoms with Crippen LogP contribution in [0.3, 0.4) is 0 Å². The molecule has 1 aromatic rings. The van der Waals surface area contributed by atoms with Crippen molar-refractivity contribution < 1.29 is 18.7 Å². The molecule has 20 heavy (non-hydrogen) atoms. The van der Waals surface area contributed by atoms with Crippen molar-refractivity contribution in [2.45, 2.75) is 20.4 Å². The first-order valence-electron chi connectivity index (χ1n) is 6.31. The lowest BCUT2D eigenvalue weighted by Crippen LogP contribution is -2.18. The Kier molecular flexibility index (Phi) is 6.93. The number of allylic oxidation sites excluding steroid dienone is 1. The van der Waals surface area contributed by atoms with E-state index >= 15 is 0 Å². The number of furan rings is 1. The fourth-order valence-corrected chi connectivity index (χ4v) is 1.41. The monoisotopic (exact) mass is 278 g/mol. The summed E-state index contributed by atoms with van der Waals surface area (Å²) in [5, 5.41) is 12.0. The standard InChI is InChI=1S/C14H18N2O4/c1-3-18-7-8-20-14(17)13(9-15)11(2)16-10-12-5-4-6-19-12/h4-6,16H,3,7-8,10H2,1-2H3/b13-11+. The fourth-order valence-electron chi connectivity index (χ4n) is 1.41. The molecule has 6 heteroatoms. The number of rotatable bonds is 8.